The second-order valence-corrected chi connectivity index (χ2v) is 5.63. The molecule has 2 aromatic carbocycles. The van der Waals surface area contributed by atoms with Crippen LogP contribution in [0.4, 0.5) is 0 Å². The standard InChI is InChI=1S/C18H23ClN2O/c1-20-10-3-11-21-13-15-6-8-18(9-7-15)22-14-16-4-2-5-17(19)12-16/h2,4-9,12,20-21H,3,10-11,13-14H2,1H3. The molecule has 0 aliphatic carbocycles. The Bertz CT molecular complexity index is 557. The Hall–Kier alpha value is -1.55. The summed E-state index contributed by atoms with van der Waals surface area (Å²) in [6.07, 6.45) is 1.14. The lowest BCUT2D eigenvalue weighted by atomic mass is 10.2. The molecule has 2 N–H and O–H groups in total. The van der Waals surface area contributed by atoms with Gasteiger partial charge in [0.25, 0.3) is 0 Å². The maximum atomic E-state index is 5.96. The van der Waals surface area contributed by atoms with Crippen molar-refractivity contribution < 1.29 is 4.74 Å². The van der Waals surface area contributed by atoms with Crippen LogP contribution >= 0.6 is 11.6 Å². The van der Waals surface area contributed by atoms with Crippen molar-refractivity contribution in [3.05, 3.63) is 64.7 Å². The third-order valence-electron chi connectivity index (χ3n) is 3.33. The number of hydrogen-bond donors (Lipinski definition) is 2. The summed E-state index contributed by atoms with van der Waals surface area (Å²) in [6, 6.07) is 15.9. The lowest BCUT2D eigenvalue weighted by molar-refractivity contribution is 0.306. The molecule has 0 aliphatic heterocycles. The first-order valence-corrected chi connectivity index (χ1v) is 7.97. The lowest BCUT2D eigenvalue weighted by Crippen LogP contribution is -2.19. The van der Waals surface area contributed by atoms with E-state index in [-0.39, 0.29) is 0 Å². The molecule has 0 aliphatic rings. The largest absolute Gasteiger partial charge is 0.489 e. The second kappa shape index (κ2) is 9.46. The van der Waals surface area contributed by atoms with Gasteiger partial charge in [-0.3, -0.25) is 0 Å². The molecule has 0 bridgehead atoms. The zero-order valence-corrected chi connectivity index (χ0v) is 13.7. The molecule has 0 aromatic heterocycles. The number of hydrogen-bond acceptors (Lipinski definition) is 3. The van der Waals surface area contributed by atoms with E-state index in [4.69, 9.17) is 16.3 Å². The molecule has 0 saturated heterocycles. The monoisotopic (exact) mass is 318 g/mol. The van der Waals surface area contributed by atoms with E-state index in [1.54, 1.807) is 0 Å². The fourth-order valence-corrected chi connectivity index (χ4v) is 2.33. The first-order chi connectivity index (χ1) is 10.8. The van der Waals surface area contributed by atoms with Crippen LogP contribution in [0.1, 0.15) is 17.5 Å². The van der Waals surface area contributed by atoms with Crippen molar-refractivity contribution >= 4 is 11.6 Å². The van der Waals surface area contributed by atoms with Gasteiger partial charge in [0, 0.05) is 11.6 Å². The van der Waals surface area contributed by atoms with E-state index >= 15 is 0 Å². The minimum absolute atomic E-state index is 0.530. The average Bonchev–Trinajstić information content (AvgIpc) is 2.54. The third-order valence-corrected chi connectivity index (χ3v) is 3.56. The van der Waals surface area contributed by atoms with Crippen molar-refractivity contribution in [2.75, 3.05) is 20.1 Å². The highest BCUT2D eigenvalue weighted by atomic mass is 35.5. The first-order valence-electron chi connectivity index (χ1n) is 7.59. The van der Waals surface area contributed by atoms with Gasteiger partial charge in [-0.15, -0.1) is 0 Å². The van der Waals surface area contributed by atoms with E-state index in [1.807, 2.05) is 43.4 Å². The van der Waals surface area contributed by atoms with Gasteiger partial charge in [0.15, 0.2) is 0 Å². The van der Waals surface area contributed by atoms with Crippen molar-refractivity contribution in [3.63, 3.8) is 0 Å². The number of halogens is 1. The second-order valence-electron chi connectivity index (χ2n) is 5.20. The molecule has 3 nitrogen and oxygen atoms in total. The summed E-state index contributed by atoms with van der Waals surface area (Å²) in [5.41, 5.74) is 2.34. The third kappa shape index (κ3) is 6.06. The minimum Gasteiger partial charge on any atom is -0.489 e. The molecule has 0 amide bonds. The molecule has 0 fully saturated rings. The van der Waals surface area contributed by atoms with Gasteiger partial charge in [0.05, 0.1) is 0 Å². The fourth-order valence-electron chi connectivity index (χ4n) is 2.12. The van der Waals surface area contributed by atoms with Gasteiger partial charge in [0.2, 0.25) is 0 Å². The molecule has 0 saturated carbocycles. The molecule has 0 spiro atoms. The smallest absolute Gasteiger partial charge is 0.119 e. The van der Waals surface area contributed by atoms with Gasteiger partial charge in [0.1, 0.15) is 12.4 Å². The van der Waals surface area contributed by atoms with Crippen LogP contribution in [0, 0.1) is 0 Å². The Morgan fingerprint density at radius 1 is 1.00 bits per heavy atom. The Balaban J connectivity index is 1.74. The average molecular weight is 319 g/mol. The molecule has 0 atom stereocenters. The van der Waals surface area contributed by atoms with Crippen molar-refractivity contribution in [1.82, 2.24) is 10.6 Å². The molecule has 22 heavy (non-hydrogen) atoms. The summed E-state index contributed by atoms with van der Waals surface area (Å²) in [7, 11) is 1.97. The summed E-state index contributed by atoms with van der Waals surface area (Å²) >= 11 is 5.96. The summed E-state index contributed by atoms with van der Waals surface area (Å²) in [6.45, 7) is 3.48. The molecule has 0 heterocycles. The predicted octanol–water partition coefficient (Wildman–Crippen LogP) is 3.62. The molecule has 4 heteroatoms. The van der Waals surface area contributed by atoms with Crippen molar-refractivity contribution in [3.8, 4) is 5.75 Å². The van der Waals surface area contributed by atoms with E-state index in [1.165, 1.54) is 5.56 Å². The van der Waals surface area contributed by atoms with E-state index in [0.29, 0.717) is 6.61 Å². The predicted molar refractivity (Wildman–Crippen MR) is 92.5 cm³/mol. The molecular formula is C18H23ClN2O. The topological polar surface area (TPSA) is 33.3 Å². The van der Waals surface area contributed by atoms with Crippen LogP contribution in [-0.4, -0.2) is 20.1 Å². The van der Waals surface area contributed by atoms with E-state index in [2.05, 4.69) is 22.8 Å². The van der Waals surface area contributed by atoms with Gasteiger partial charge in [-0.25, -0.2) is 0 Å². The minimum atomic E-state index is 0.530. The highest BCUT2D eigenvalue weighted by molar-refractivity contribution is 6.30. The van der Waals surface area contributed by atoms with Crippen LogP contribution in [0.2, 0.25) is 5.02 Å². The van der Waals surface area contributed by atoms with E-state index in [0.717, 1.165) is 42.4 Å². The Labute approximate surface area is 137 Å². The van der Waals surface area contributed by atoms with Gasteiger partial charge in [-0.05, 0) is 62.0 Å². The molecule has 0 radical (unpaired) electrons. The van der Waals surface area contributed by atoms with Crippen LogP contribution in [0.5, 0.6) is 5.75 Å². The summed E-state index contributed by atoms with van der Waals surface area (Å²) < 4.78 is 5.77. The zero-order valence-electron chi connectivity index (χ0n) is 12.9. The summed E-state index contributed by atoms with van der Waals surface area (Å²) in [5, 5.41) is 7.30. The fraction of sp³-hybridized carbons (Fsp3) is 0.333. The number of nitrogens with one attached hydrogen (secondary N) is 2. The molecule has 118 valence electrons. The van der Waals surface area contributed by atoms with Gasteiger partial charge in [-0.1, -0.05) is 35.9 Å². The SMILES string of the molecule is CNCCCNCc1ccc(OCc2cccc(Cl)c2)cc1. The van der Waals surface area contributed by atoms with Gasteiger partial charge >= 0.3 is 0 Å². The van der Waals surface area contributed by atoms with Crippen LogP contribution in [0.25, 0.3) is 0 Å². The normalized spacial score (nSPS) is 10.6. The number of ether oxygens (including phenoxy) is 1. The number of benzene rings is 2. The quantitative estimate of drug-likeness (QED) is 0.693. The molecule has 2 aromatic rings. The van der Waals surface area contributed by atoms with Crippen LogP contribution < -0.4 is 15.4 Å². The summed E-state index contributed by atoms with van der Waals surface area (Å²) in [4.78, 5) is 0. The highest BCUT2D eigenvalue weighted by Gasteiger charge is 1.98. The summed E-state index contributed by atoms with van der Waals surface area (Å²) in [5.74, 6) is 0.874. The highest BCUT2D eigenvalue weighted by Crippen LogP contribution is 2.16. The van der Waals surface area contributed by atoms with Crippen LogP contribution in [0.3, 0.4) is 0 Å². The molecule has 2 rings (SSSR count). The molecule has 0 unspecified atom stereocenters. The maximum Gasteiger partial charge on any atom is 0.119 e. The maximum absolute atomic E-state index is 5.96. The molecular weight excluding hydrogens is 296 g/mol. The van der Waals surface area contributed by atoms with Crippen LogP contribution in [0.15, 0.2) is 48.5 Å². The van der Waals surface area contributed by atoms with Crippen molar-refractivity contribution in [2.24, 2.45) is 0 Å². The number of rotatable bonds is 9. The first kappa shape index (κ1) is 16.8. The van der Waals surface area contributed by atoms with Crippen LogP contribution in [-0.2, 0) is 13.2 Å². The van der Waals surface area contributed by atoms with Crippen molar-refractivity contribution in [2.45, 2.75) is 19.6 Å². The Morgan fingerprint density at radius 3 is 2.55 bits per heavy atom. The van der Waals surface area contributed by atoms with E-state index in [9.17, 15) is 0 Å². The van der Waals surface area contributed by atoms with Gasteiger partial charge < -0.3 is 15.4 Å². The Kier molecular flexibility index (Phi) is 7.23. The lowest BCUT2D eigenvalue weighted by Gasteiger charge is -2.08. The van der Waals surface area contributed by atoms with Gasteiger partial charge in [-0.2, -0.15) is 0 Å². The van der Waals surface area contributed by atoms with E-state index < -0.39 is 0 Å². The van der Waals surface area contributed by atoms with Crippen molar-refractivity contribution in [1.29, 1.82) is 0 Å². The zero-order chi connectivity index (χ0) is 15.6. The Morgan fingerprint density at radius 2 is 1.82 bits per heavy atom.